The van der Waals surface area contributed by atoms with Crippen molar-refractivity contribution >= 4 is 22.8 Å². The van der Waals surface area contributed by atoms with Gasteiger partial charge in [0.25, 0.3) is 0 Å². The maximum absolute atomic E-state index is 8.28. The third-order valence-electron chi connectivity index (χ3n) is 3.77. The first-order valence-corrected chi connectivity index (χ1v) is 6.85. The highest BCUT2D eigenvalue weighted by molar-refractivity contribution is 8.93. The molecule has 1 aliphatic heterocycles. The number of ether oxygens (including phenoxy) is 2. The van der Waals surface area contributed by atoms with Gasteiger partial charge in [-0.2, -0.15) is 0 Å². The number of nitrogens with zero attached hydrogens (tertiary/aromatic N) is 1. The third kappa shape index (κ3) is 2.95. The lowest BCUT2D eigenvalue weighted by Crippen LogP contribution is -2.23. The standard InChI is InChI=1S/C17H18N2O2.BrH/c1-20-15-8-7-12(9-16(15)21-2)10-19-11-13-5-3-4-6-14(13)17(19)18;/h3-9,18H,10-11H2,1-2H3;1H. The van der Waals surface area contributed by atoms with Gasteiger partial charge in [-0.3, -0.25) is 5.41 Å². The van der Waals surface area contributed by atoms with Crippen LogP contribution in [0.4, 0.5) is 0 Å². The van der Waals surface area contributed by atoms with Crippen LogP contribution in [0.5, 0.6) is 11.5 Å². The van der Waals surface area contributed by atoms with Gasteiger partial charge in [0.15, 0.2) is 11.5 Å². The van der Waals surface area contributed by atoms with Crippen molar-refractivity contribution < 1.29 is 9.47 Å². The van der Waals surface area contributed by atoms with E-state index in [-0.39, 0.29) is 17.0 Å². The molecule has 0 amide bonds. The van der Waals surface area contributed by atoms with Crippen molar-refractivity contribution in [2.45, 2.75) is 13.1 Å². The second-order valence-electron chi connectivity index (χ2n) is 5.05. The van der Waals surface area contributed by atoms with Gasteiger partial charge in [-0.15, -0.1) is 17.0 Å². The van der Waals surface area contributed by atoms with E-state index in [9.17, 15) is 0 Å². The predicted molar refractivity (Wildman–Crippen MR) is 92.4 cm³/mol. The fourth-order valence-corrected chi connectivity index (χ4v) is 2.68. The van der Waals surface area contributed by atoms with E-state index in [1.807, 2.05) is 36.4 Å². The summed E-state index contributed by atoms with van der Waals surface area (Å²) in [4.78, 5) is 2.06. The van der Waals surface area contributed by atoms with Gasteiger partial charge in [0.2, 0.25) is 0 Å². The lowest BCUT2D eigenvalue weighted by molar-refractivity contribution is 0.353. The van der Waals surface area contributed by atoms with E-state index in [0.29, 0.717) is 12.4 Å². The number of nitrogens with one attached hydrogen (secondary N) is 1. The first kappa shape index (κ1) is 16.4. The average molecular weight is 363 g/mol. The Kier molecular flexibility index (Phi) is 5.08. The Morgan fingerprint density at radius 1 is 1.05 bits per heavy atom. The summed E-state index contributed by atoms with van der Waals surface area (Å²) in [5.74, 6) is 2.03. The minimum Gasteiger partial charge on any atom is -0.493 e. The van der Waals surface area contributed by atoms with Gasteiger partial charge in [-0.1, -0.05) is 30.3 Å². The molecule has 2 aromatic rings. The number of fused-ring (bicyclic) bond motifs is 1. The molecular weight excluding hydrogens is 344 g/mol. The van der Waals surface area contributed by atoms with Gasteiger partial charge in [0.05, 0.1) is 14.2 Å². The molecular formula is C17H19BrN2O2. The van der Waals surface area contributed by atoms with Crippen LogP contribution < -0.4 is 9.47 Å². The molecule has 0 saturated carbocycles. The number of hydrogen-bond acceptors (Lipinski definition) is 3. The molecule has 1 N–H and O–H groups in total. The van der Waals surface area contributed by atoms with Gasteiger partial charge in [0.1, 0.15) is 5.84 Å². The SMILES string of the molecule is Br.COc1ccc(CN2Cc3ccccc3C2=N)cc1OC. The number of hydrogen-bond donors (Lipinski definition) is 1. The molecule has 5 heteroatoms. The Morgan fingerprint density at radius 2 is 1.77 bits per heavy atom. The Morgan fingerprint density at radius 3 is 2.45 bits per heavy atom. The van der Waals surface area contributed by atoms with Crippen molar-refractivity contribution in [3.05, 3.63) is 59.2 Å². The summed E-state index contributed by atoms with van der Waals surface area (Å²) in [5, 5.41) is 8.28. The summed E-state index contributed by atoms with van der Waals surface area (Å²) in [6, 6.07) is 14.0. The molecule has 116 valence electrons. The van der Waals surface area contributed by atoms with Gasteiger partial charge in [0, 0.05) is 18.7 Å². The number of methoxy groups -OCH3 is 2. The molecule has 0 saturated heterocycles. The van der Waals surface area contributed by atoms with Gasteiger partial charge in [-0.05, 0) is 23.3 Å². The molecule has 1 heterocycles. The molecule has 4 nitrogen and oxygen atoms in total. The number of benzene rings is 2. The Balaban J connectivity index is 0.00000176. The predicted octanol–water partition coefficient (Wildman–Crippen LogP) is 3.62. The van der Waals surface area contributed by atoms with Crippen molar-refractivity contribution in [3.8, 4) is 11.5 Å². The van der Waals surface area contributed by atoms with Crippen LogP contribution in [0.3, 0.4) is 0 Å². The highest BCUT2D eigenvalue weighted by atomic mass is 79.9. The maximum Gasteiger partial charge on any atom is 0.161 e. The summed E-state index contributed by atoms with van der Waals surface area (Å²) in [6.07, 6.45) is 0. The molecule has 0 fully saturated rings. The lowest BCUT2D eigenvalue weighted by atomic mass is 10.1. The zero-order chi connectivity index (χ0) is 14.8. The molecule has 3 rings (SSSR count). The van der Waals surface area contributed by atoms with Crippen molar-refractivity contribution in [3.63, 3.8) is 0 Å². The molecule has 0 aliphatic carbocycles. The summed E-state index contributed by atoms with van der Waals surface area (Å²) < 4.78 is 10.6. The molecule has 0 bridgehead atoms. The lowest BCUT2D eigenvalue weighted by Gasteiger charge is -2.19. The first-order valence-electron chi connectivity index (χ1n) is 6.85. The fraction of sp³-hybridized carbons (Fsp3) is 0.235. The van der Waals surface area contributed by atoms with Crippen LogP contribution in [0, 0.1) is 5.41 Å². The molecule has 2 aromatic carbocycles. The number of halogens is 1. The normalized spacial score (nSPS) is 12.6. The molecule has 1 aliphatic rings. The minimum absolute atomic E-state index is 0. The molecule has 0 unspecified atom stereocenters. The number of rotatable bonds is 4. The molecule has 0 spiro atoms. The molecule has 0 aromatic heterocycles. The topological polar surface area (TPSA) is 45.5 Å². The number of amidine groups is 1. The van der Waals surface area contributed by atoms with Gasteiger partial charge >= 0.3 is 0 Å². The zero-order valence-electron chi connectivity index (χ0n) is 12.6. The van der Waals surface area contributed by atoms with E-state index >= 15 is 0 Å². The molecule has 0 radical (unpaired) electrons. The van der Waals surface area contributed by atoms with Gasteiger partial charge < -0.3 is 14.4 Å². The smallest absolute Gasteiger partial charge is 0.161 e. The van der Waals surface area contributed by atoms with E-state index in [0.717, 1.165) is 29.2 Å². The maximum atomic E-state index is 8.28. The zero-order valence-corrected chi connectivity index (χ0v) is 14.3. The minimum atomic E-state index is 0. The van der Waals surface area contributed by atoms with Crippen LogP contribution >= 0.6 is 17.0 Å². The van der Waals surface area contributed by atoms with Crippen molar-refractivity contribution in [2.24, 2.45) is 0 Å². The monoisotopic (exact) mass is 362 g/mol. The van der Waals surface area contributed by atoms with E-state index in [4.69, 9.17) is 14.9 Å². The summed E-state index contributed by atoms with van der Waals surface area (Å²) in [5.41, 5.74) is 3.34. The highest BCUT2D eigenvalue weighted by Crippen LogP contribution is 2.30. The van der Waals surface area contributed by atoms with E-state index in [1.54, 1.807) is 14.2 Å². The third-order valence-corrected chi connectivity index (χ3v) is 3.77. The van der Waals surface area contributed by atoms with E-state index in [2.05, 4.69) is 11.0 Å². The van der Waals surface area contributed by atoms with Crippen LogP contribution in [0.25, 0.3) is 0 Å². The Hall–Kier alpha value is -2.01. The highest BCUT2D eigenvalue weighted by Gasteiger charge is 2.23. The Bertz CT molecular complexity index is 688. The Labute approximate surface area is 140 Å². The van der Waals surface area contributed by atoms with Crippen LogP contribution in [0.1, 0.15) is 16.7 Å². The second kappa shape index (κ2) is 6.83. The van der Waals surface area contributed by atoms with E-state index < -0.39 is 0 Å². The van der Waals surface area contributed by atoms with Crippen molar-refractivity contribution in [1.29, 1.82) is 5.41 Å². The second-order valence-corrected chi connectivity index (χ2v) is 5.05. The van der Waals surface area contributed by atoms with Crippen molar-refractivity contribution in [2.75, 3.05) is 14.2 Å². The van der Waals surface area contributed by atoms with Gasteiger partial charge in [-0.25, -0.2) is 0 Å². The fourth-order valence-electron chi connectivity index (χ4n) is 2.68. The molecule has 22 heavy (non-hydrogen) atoms. The van der Waals surface area contributed by atoms with Crippen LogP contribution in [-0.4, -0.2) is 25.0 Å². The quantitative estimate of drug-likeness (QED) is 0.903. The van der Waals surface area contributed by atoms with Crippen molar-refractivity contribution in [1.82, 2.24) is 4.90 Å². The van der Waals surface area contributed by atoms with Crippen LogP contribution in [0.15, 0.2) is 42.5 Å². The summed E-state index contributed by atoms with van der Waals surface area (Å²) >= 11 is 0. The van der Waals surface area contributed by atoms with E-state index in [1.165, 1.54) is 5.56 Å². The average Bonchev–Trinajstić information content (AvgIpc) is 2.84. The first-order chi connectivity index (χ1) is 10.2. The van der Waals surface area contributed by atoms with Crippen LogP contribution in [-0.2, 0) is 13.1 Å². The molecule has 0 atom stereocenters. The largest absolute Gasteiger partial charge is 0.493 e. The van der Waals surface area contributed by atoms with Crippen LogP contribution in [0.2, 0.25) is 0 Å². The summed E-state index contributed by atoms with van der Waals surface area (Å²) in [7, 11) is 3.26. The summed E-state index contributed by atoms with van der Waals surface area (Å²) in [6.45, 7) is 1.47.